The maximum Gasteiger partial charge on any atom is 0.264 e. The molecule has 0 radical (unpaired) electrons. The van der Waals surface area contributed by atoms with E-state index < -0.39 is 21.8 Å². The van der Waals surface area contributed by atoms with Crippen LogP contribution in [0.3, 0.4) is 0 Å². The fourth-order valence-electron chi connectivity index (χ4n) is 3.00. The largest absolute Gasteiger partial charge is 0.454 e. The van der Waals surface area contributed by atoms with E-state index in [4.69, 9.17) is 25.6 Å². The number of hydrogen-bond acceptors (Lipinski definition) is 8. The molecule has 8 nitrogen and oxygen atoms in total. The van der Waals surface area contributed by atoms with Gasteiger partial charge < -0.3 is 14.0 Å². The Balaban J connectivity index is 1.80. The van der Waals surface area contributed by atoms with Crippen molar-refractivity contribution in [2.75, 3.05) is 6.79 Å². The Bertz CT molecular complexity index is 1190. The van der Waals surface area contributed by atoms with Gasteiger partial charge in [0, 0.05) is 5.38 Å². The Morgan fingerprint density at radius 3 is 2.62 bits per heavy atom. The molecule has 1 aromatic carbocycles. The van der Waals surface area contributed by atoms with Crippen LogP contribution >= 0.6 is 22.9 Å². The van der Waals surface area contributed by atoms with Gasteiger partial charge in [-0.2, -0.15) is 11.3 Å². The van der Waals surface area contributed by atoms with Crippen LogP contribution < -0.4 is 14.2 Å². The summed E-state index contributed by atoms with van der Waals surface area (Å²) in [7, 11) is -4.05. The molecule has 4 rings (SSSR count). The molecule has 0 aliphatic carbocycles. The Labute approximate surface area is 175 Å². The number of hydrogen-bond donors (Lipinski definition) is 1. The van der Waals surface area contributed by atoms with Gasteiger partial charge in [0.05, 0.1) is 4.90 Å². The van der Waals surface area contributed by atoms with Crippen molar-refractivity contribution < 1.29 is 27.2 Å². The molecule has 1 amide bonds. The molecule has 29 heavy (non-hydrogen) atoms. The molecule has 0 saturated carbocycles. The number of aryl methyl sites for hydroxylation is 2. The fourth-order valence-corrected chi connectivity index (χ4v) is 5.20. The second kappa shape index (κ2) is 7.36. The summed E-state index contributed by atoms with van der Waals surface area (Å²) in [6.45, 7) is 3.43. The fraction of sp³-hybridized carbons (Fsp3) is 0.222. The number of carbonyl (C=O) groups excluding carboxylic acids is 1. The highest BCUT2D eigenvalue weighted by atomic mass is 35.5. The molecule has 0 spiro atoms. The molecule has 0 fully saturated rings. The van der Waals surface area contributed by atoms with Gasteiger partial charge >= 0.3 is 0 Å². The number of amides is 1. The summed E-state index contributed by atoms with van der Waals surface area (Å²) in [5, 5.41) is 7.10. The number of ether oxygens (including phenoxy) is 2. The molecule has 3 aromatic rings. The highest BCUT2D eigenvalue weighted by Gasteiger charge is 2.34. The van der Waals surface area contributed by atoms with E-state index in [0.29, 0.717) is 28.4 Å². The van der Waals surface area contributed by atoms with Crippen LogP contribution in [0.5, 0.6) is 11.5 Å². The maximum absolute atomic E-state index is 13.2. The SMILES string of the molecule is Cc1cc2c(cc1C(C(=O)NS(=O)(=O)c1ccsc1)c1noc(C)c1Cl)OCO2. The summed E-state index contributed by atoms with van der Waals surface area (Å²) in [6, 6.07) is 4.75. The first-order valence-electron chi connectivity index (χ1n) is 8.38. The predicted octanol–water partition coefficient (Wildman–Crippen LogP) is 3.37. The van der Waals surface area contributed by atoms with Gasteiger partial charge in [0.15, 0.2) is 17.3 Å². The highest BCUT2D eigenvalue weighted by Crippen LogP contribution is 2.40. The molecule has 2 aromatic heterocycles. The van der Waals surface area contributed by atoms with Gasteiger partial charge in [-0.15, -0.1) is 0 Å². The first-order valence-corrected chi connectivity index (χ1v) is 11.2. The van der Waals surface area contributed by atoms with E-state index in [-0.39, 0.29) is 22.4 Å². The number of benzene rings is 1. The van der Waals surface area contributed by atoms with Gasteiger partial charge in [0.25, 0.3) is 10.0 Å². The summed E-state index contributed by atoms with van der Waals surface area (Å²) < 4.78 is 43.2. The van der Waals surface area contributed by atoms with Gasteiger partial charge in [-0.05, 0) is 48.6 Å². The highest BCUT2D eigenvalue weighted by molar-refractivity contribution is 7.90. The molecule has 1 aliphatic rings. The number of halogens is 1. The van der Waals surface area contributed by atoms with Gasteiger partial charge in [0.2, 0.25) is 12.7 Å². The average molecular weight is 455 g/mol. The summed E-state index contributed by atoms with van der Waals surface area (Å²) >= 11 is 7.51. The average Bonchev–Trinajstić information content (AvgIpc) is 3.40. The lowest BCUT2D eigenvalue weighted by atomic mass is 9.90. The number of nitrogens with one attached hydrogen (secondary N) is 1. The molecule has 1 N–H and O–H groups in total. The quantitative estimate of drug-likeness (QED) is 0.629. The zero-order chi connectivity index (χ0) is 20.8. The van der Waals surface area contributed by atoms with Crippen molar-refractivity contribution in [3.8, 4) is 11.5 Å². The summed E-state index contributed by atoms with van der Waals surface area (Å²) in [4.78, 5) is 13.2. The summed E-state index contributed by atoms with van der Waals surface area (Å²) in [5.41, 5.74) is 1.27. The lowest BCUT2D eigenvalue weighted by molar-refractivity contribution is -0.120. The monoisotopic (exact) mass is 454 g/mol. The molecular formula is C18H15ClN2O6S2. The number of rotatable bonds is 5. The second-order valence-electron chi connectivity index (χ2n) is 6.36. The van der Waals surface area contributed by atoms with E-state index in [1.165, 1.54) is 22.8 Å². The minimum Gasteiger partial charge on any atom is -0.454 e. The molecule has 0 bridgehead atoms. The minimum atomic E-state index is -4.05. The van der Waals surface area contributed by atoms with Crippen LogP contribution in [0, 0.1) is 13.8 Å². The molecule has 0 saturated heterocycles. The third-order valence-electron chi connectivity index (χ3n) is 4.46. The van der Waals surface area contributed by atoms with E-state index in [0.717, 1.165) is 0 Å². The van der Waals surface area contributed by atoms with Crippen LogP contribution in [0.15, 0.2) is 38.4 Å². The standard InChI is InChI=1S/C18H15ClN2O6S2/c1-9-5-13-14(26-8-25-13)6-12(9)15(17-16(19)10(2)27-20-17)18(22)21-29(23,24)11-3-4-28-7-11/h3-7,15H,8H2,1-2H3,(H,21,22). The van der Waals surface area contributed by atoms with Gasteiger partial charge in [0.1, 0.15) is 16.6 Å². The maximum atomic E-state index is 13.2. The number of thiophene rings is 1. The van der Waals surface area contributed by atoms with E-state index >= 15 is 0 Å². The molecule has 1 atom stereocenters. The van der Waals surface area contributed by atoms with E-state index in [1.54, 1.807) is 31.4 Å². The summed E-state index contributed by atoms with van der Waals surface area (Å²) in [6.07, 6.45) is 0. The zero-order valence-corrected chi connectivity index (χ0v) is 17.7. The van der Waals surface area contributed by atoms with Crippen molar-refractivity contribution in [2.24, 2.45) is 0 Å². The number of nitrogens with zero attached hydrogens (tertiary/aromatic N) is 1. The van der Waals surface area contributed by atoms with Crippen molar-refractivity contribution in [3.05, 3.63) is 56.6 Å². The van der Waals surface area contributed by atoms with E-state index in [2.05, 4.69) is 9.88 Å². The van der Waals surface area contributed by atoms with Crippen molar-refractivity contribution in [2.45, 2.75) is 24.7 Å². The van der Waals surface area contributed by atoms with Crippen molar-refractivity contribution in [3.63, 3.8) is 0 Å². The third-order valence-corrected chi connectivity index (χ3v) is 7.10. The Kier molecular flexibility index (Phi) is 5.01. The van der Waals surface area contributed by atoms with Gasteiger partial charge in [-0.1, -0.05) is 16.8 Å². The molecule has 1 unspecified atom stereocenters. The molecule has 152 valence electrons. The smallest absolute Gasteiger partial charge is 0.264 e. The minimum absolute atomic E-state index is 0.000520. The van der Waals surface area contributed by atoms with Crippen LogP contribution in [-0.4, -0.2) is 26.3 Å². The Morgan fingerprint density at radius 1 is 1.28 bits per heavy atom. The van der Waals surface area contributed by atoms with Gasteiger partial charge in [-0.3, -0.25) is 4.79 Å². The number of fused-ring (bicyclic) bond motifs is 1. The molecule has 1 aliphatic heterocycles. The number of sulfonamides is 1. The van der Waals surface area contributed by atoms with Crippen LogP contribution in [0.25, 0.3) is 0 Å². The molecule has 3 heterocycles. The van der Waals surface area contributed by atoms with Crippen molar-refractivity contribution in [1.29, 1.82) is 0 Å². The zero-order valence-electron chi connectivity index (χ0n) is 15.3. The molecule has 11 heteroatoms. The van der Waals surface area contributed by atoms with Crippen LogP contribution in [0.1, 0.15) is 28.5 Å². The second-order valence-corrected chi connectivity index (χ2v) is 9.20. The van der Waals surface area contributed by atoms with Gasteiger partial charge in [-0.25, -0.2) is 13.1 Å². The van der Waals surface area contributed by atoms with Crippen molar-refractivity contribution >= 4 is 38.9 Å². The van der Waals surface area contributed by atoms with Crippen LogP contribution in [0.4, 0.5) is 0 Å². The Hall–Kier alpha value is -2.56. The summed E-state index contributed by atoms with van der Waals surface area (Å²) in [5.74, 6) is -0.644. The topological polar surface area (TPSA) is 108 Å². The molecular weight excluding hydrogens is 440 g/mol. The van der Waals surface area contributed by atoms with Crippen LogP contribution in [0.2, 0.25) is 5.02 Å². The van der Waals surface area contributed by atoms with E-state index in [9.17, 15) is 13.2 Å². The third kappa shape index (κ3) is 3.59. The van der Waals surface area contributed by atoms with Crippen LogP contribution in [-0.2, 0) is 14.8 Å². The lowest BCUT2D eigenvalue weighted by Crippen LogP contribution is -2.35. The predicted molar refractivity (Wildman–Crippen MR) is 105 cm³/mol. The van der Waals surface area contributed by atoms with Crippen molar-refractivity contribution in [1.82, 2.24) is 9.88 Å². The number of aromatic nitrogens is 1. The Morgan fingerprint density at radius 2 is 2.00 bits per heavy atom. The first-order chi connectivity index (χ1) is 13.8. The normalized spacial score (nSPS) is 14.0. The number of carbonyl (C=O) groups is 1. The first kappa shape index (κ1) is 19.7. The van der Waals surface area contributed by atoms with E-state index in [1.807, 2.05) is 0 Å². The lowest BCUT2D eigenvalue weighted by Gasteiger charge is -2.18.